The van der Waals surface area contributed by atoms with Gasteiger partial charge in [0.1, 0.15) is 6.54 Å². The lowest BCUT2D eigenvalue weighted by Gasteiger charge is -2.06. The summed E-state index contributed by atoms with van der Waals surface area (Å²) in [5.41, 5.74) is 1.12. The molecule has 0 aliphatic rings. The van der Waals surface area contributed by atoms with Crippen LogP contribution < -0.4 is 5.32 Å². The number of benzene rings is 1. The van der Waals surface area contributed by atoms with E-state index >= 15 is 0 Å². The number of aromatic nitrogens is 3. The number of amides is 1. The summed E-state index contributed by atoms with van der Waals surface area (Å²) >= 11 is 5.99. The first-order chi connectivity index (χ1) is 10.0. The topological polar surface area (TPSA) is 97.1 Å². The molecule has 0 aliphatic carbocycles. The van der Waals surface area contributed by atoms with Gasteiger partial charge in [0.15, 0.2) is 0 Å². The largest absolute Gasteiger partial charge is 0.481 e. The molecule has 2 rings (SSSR count). The lowest BCUT2D eigenvalue weighted by molar-refractivity contribution is -0.136. The molecule has 110 valence electrons. The number of rotatable bonds is 6. The third kappa shape index (κ3) is 4.57. The van der Waals surface area contributed by atoms with Crippen molar-refractivity contribution >= 4 is 23.5 Å². The highest BCUT2D eigenvalue weighted by Gasteiger charge is 2.09. The van der Waals surface area contributed by atoms with Crippen molar-refractivity contribution in [2.45, 2.75) is 19.5 Å². The van der Waals surface area contributed by atoms with Gasteiger partial charge in [-0.2, -0.15) is 0 Å². The third-order valence-electron chi connectivity index (χ3n) is 2.66. The number of nitrogens with zero attached hydrogens (tertiary/aromatic N) is 3. The quantitative estimate of drug-likeness (QED) is 0.825. The van der Waals surface area contributed by atoms with Crippen molar-refractivity contribution in [3.8, 4) is 0 Å². The van der Waals surface area contributed by atoms with Gasteiger partial charge < -0.3 is 10.4 Å². The zero-order chi connectivity index (χ0) is 15.2. The van der Waals surface area contributed by atoms with Crippen LogP contribution in [0.4, 0.5) is 0 Å². The Morgan fingerprint density at radius 1 is 1.33 bits per heavy atom. The number of halogens is 1. The summed E-state index contributed by atoms with van der Waals surface area (Å²) in [6, 6.07) is 7.22. The monoisotopic (exact) mass is 308 g/mol. The Kier molecular flexibility index (Phi) is 4.89. The zero-order valence-corrected chi connectivity index (χ0v) is 11.7. The number of carbonyl (C=O) groups is 2. The summed E-state index contributed by atoms with van der Waals surface area (Å²) in [7, 11) is 0. The van der Waals surface area contributed by atoms with Crippen LogP contribution in [0.1, 0.15) is 11.3 Å². The molecule has 2 aromatic rings. The van der Waals surface area contributed by atoms with Crippen LogP contribution >= 0.6 is 11.6 Å². The Morgan fingerprint density at radius 3 is 2.81 bits per heavy atom. The van der Waals surface area contributed by atoms with E-state index in [-0.39, 0.29) is 18.9 Å². The van der Waals surface area contributed by atoms with Crippen molar-refractivity contribution in [1.82, 2.24) is 20.3 Å². The second-order valence-corrected chi connectivity index (χ2v) is 4.75. The molecule has 21 heavy (non-hydrogen) atoms. The second-order valence-electron chi connectivity index (χ2n) is 4.35. The number of hydrogen-bond donors (Lipinski definition) is 2. The number of nitrogens with one attached hydrogen (secondary N) is 1. The van der Waals surface area contributed by atoms with E-state index in [0.29, 0.717) is 17.3 Å². The molecule has 7 nitrogen and oxygen atoms in total. The Labute approximate surface area is 125 Å². The molecular formula is C13H13ClN4O3. The van der Waals surface area contributed by atoms with E-state index in [2.05, 4.69) is 15.6 Å². The van der Waals surface area contributed by atoms with Crippen LogP contribution in [0.3, 0.4) is 0 Å². The lowest BCUT2D eigenvalue weighted by atomic mass is 10.2. The maximum absolute atomic E-state index is 11.8. The average molecular weight is 309 g/mol. The van der Waals surface area contributed by atoms with Gasteiger partial charge in [-0.25, -0.2) is 4.68 Å². The Morgan fingerprint density at radius 2 is 2.10 bits per heavy atom. The molecule has 1 aromatic heterocycles. The normalized spacial score (nSPS) is 10.3. The maximum atomic E-state index is 11.8. The van der Waals surface area contributed by atoms with Crippen LogP contribution in [0.25, 0.3) is 0 Å². The highest BCUT2D eigenvalue weighted by molar-refractivity contribution is 6.31. The van der Waals surface area contributed by atoms with Crippen molar-refractivity contribution in [2.75, 3.05) is 0 Å². The van der Waals surface area contributed by atoms with E-state index in [1.165, 1.54) is 10.9 Å². The SMILES string of the molecule is O=C(O)Cc1cn(CC(=O)NCc2ccccc2Cl)nn1. The Bertz CT molecular complexity index is 656. The molecule has 8 heteroatoms. The molecule has 1 heterocycles. The molecule has 0 radical (unpaired) electrons. The van der Waals surface area contributed by atoms with Crippen molar-refractivity contribution < 1.29 is 14.7 Å². The molecule has 0 bridgehead atoms. The van der Waals surface area contributed by atoms with Crippen LogP contribution in [-0.2, 0) is 29.1 Å². The Balaban J connectivity index is 1.86. The highest BCUT2D eigenvalue weighted by atomic mass is 35.5. The summed E-state index contributed by atoms with van der Waals surface area (Å²) in [5.74, 6) is -1.26. The van der Waals surface area contributed by atoms with Gasteiger partial charge in [-0.15, -0.1) is 5.10 Å². The van der Waals surface area contributed by atoms with Crippen LogP contribution in [0.15, 0.2) is 30.5 Å². The molecule has 0 unspecified atom stereocenters. The smallest absolute Gasteiger partial charge is 0.309 e. The van der Waals surface area contributed by atoms with E-state index in [4.69, 9.17) is 16.7 Å². The minimum absolute atomic E-state index is 0.0307. The lowest BCUT2D eigenvalue weighted by Crippen LogP contribution is -2.27. The molecule has 1 amide bonds. The van der Waals surface area contributed by atoms with Crippen LogP contribution in [-0.4, -0.2) is 32.0 Å². The number of hydrogen-bond acceptors (Lipinski definition) is 4. The summed E-state index contributed by atoms with van der Waals surface area (Å²) in [6.45, 7) is 0.284. The van der Waals surface area contributed by atoms with Crippen LogP contribution in [0.5, 0.6) is 0 Å². The maximum Gasteiger partial charge on any atom is 0.309 e. The molecule has 1 aromatic carbocycles. The zero-order valence-electron chi connectivity index (χ0n) is 11.0. The Hall–Kier alpha value is -2.41. The second kappa shape index (κ2) is 6.85. The molecule has 0 spiro atoms. The van der Waals surface area contributed by atoms with Gasteiger partial charge >= 0.3 is 5.97 Å². The van der Waals surface area contributed by atoms with Crippen molar-refractivity contribution in [1.29, 1.82) is 0 Å². The molecule has 0 saturated heterocycles. The first kappa shape index (κ1) is 15.0. The minimum atomic E-state index is -0.995. The first-order valence-corrected chi connectivity index (χ1v) is 6.53. The van der Waals surface area contributed by atoms with Gasteiger partial charge in [0.05, 0.1) is 12.1 Å². The van der Waals surface area contributed by atoms with Crippen molar-refractivity contribution in [3.05, 3.63) is 46.7 Å². The van der Waals surface area contributed by atoms with Gasteiger partial charge in [0, 0.05) is 17.8 Å². The molecule has 2 N–H and O–H groups in total. The van der Waals surface area contributed by atoms with Gasteiger partial charge in [0.25, 0.3) is 0 Å². The molecule has 0 aliphatic heterocycles. The van der Waals surface area contributed by atoms with E-state index in [1.807, 2.05) is 18.2 Å². The fraction of sp³-hybridized carbons (Fsp3) is 0.231. The van der Waals surface area contributed by atoms with Gasteiger partial charge in [0.2, 0.25) is 5.91 Å². The van der Waals surface area contributed by atoms with Crippen LogP contribution in [0, 0.1) is 0 Å². The van der Waals surface area contributed by atoms with E-state index < -0.39 is 5.97 Å². The predicted octanol–water partition coefficient (Wildman–Crippen LogP) is 0.875. The molecule has 0 atom stereocenters. The summed E-state index contributed by atoms with van der Waals surface area (Å²) in [6.07, 6.45) is 1.21. The average Bonchev–Trinajstić information content (AvgIpc) is 2.84. The standard InChI is InChI=1S/C13H13ClN4O3/c14-11-4-2-1-3-9(11)6-15-12(19)8-18-7-10(16-17-18)5-13(20)21/h1-4,7H,5-6,8H2,(H,15,19)(H,20,21). The number of aliphatic carboxylic acids is 1. The van der Waals surface area contributed by atoms with Crippen molar-refractivity contribution in [2.24, 2.45) is 0 Å². The van der Waals surface area contributed by atoms with Gasteiger partial charge in [-0.3, -0.25) is 9.59 Å². The molecular weight excluding hydrogens is 296 g/mol. The van der Waals surface area contributed by atoms with Gasteiger partial charge in [-0.1, -0.05) is 35.0 Å². The van der Waals surface area contributed by atoms with E-state index in [9.17, 15) is 9.59 Å². The molecule has 0 saturated carbocycles. The number of carboxylic acids is 1. The number of carbonyl (C=O) groups excluding carboxylic acids is 1. The van der Waals surface area contributed by atoms with E-state index in [1.54, 1.807) is 6.07 Å². The van der Waals surface area contributed by atoms with Gasteiger partial charge in [-0.05, 0) is 11.6 Å². The van der Waals surface area contributed by atoms with Crippen LogP contribution in [0.2, 0.25) is 5.02 Å². The van der Waals surface area contributed by atoms with E-state index in [0.717, 1.165) is 5.56 Å². The summed E-state index contributed by atoms with van der Waals surface area (Å²) in [5, 5.41) is 19.3. The first-order valence-electron chi connectivity index (χ1n) is 6.15. The fourth-order valence-electron chi connectivity index (χ4n) is 1.69. The minimum Gasteiger partial charge on any atom is -0.481 e. The summed E-state index contributed by atoms with van der Waals surface area (Å²) in [4.78, 5) is 22.3. The predicted molar refractivity (Wildman–Crippen MR) is 74.7 cm³/mol. The fourth-order valence-corrected chi connectivity index (χ4v) is 1.89. The molecule has 0 fully saturated rings. The van der Waals surface area contributed by atoms with Crippen molar-refractivity contribution in [3.63, 3.8) is 0 Å². The number of carboxylic acid groups (broad SMARTS) is 1. The summed E-state index contributed by atoms with van der Waals surface area (Å²) < 4.78 is 1.29. The highest BCUT2D eigenvalue weighted by Crippen LogP contribution is 2.14. The third-order valence-corrected chi connectivity index (χ3v) is 3.03.